The van der Waals surface area contributed by atoms with Gasteiger partial charge in [0, 0.05) is 5.70 Å². The highest BCUT2D eigenvalue weighted by Gasteiger charge is 1.64. The summed E-state index contributed by atoms with van der Waals surface area (Å²) in [5, 5.41) is 0. The summed E-state index contributed by atoms with van der Waals surface area (Å²) in [7, 11) is 0. The standard InChI is InChI=1S/C3H6FN/c1-3(5)2-4/h2H,5H2,1H3/b3-2+. The Hall–Kier alpha value is -0.530. The number of halogens is 1. The van der Waals surface area contributed by atoms with Gasteiger partial charge in [-0.1, -0.05) is 0 Å². The molecule has 0 aliphatic rings. The van der Waals surface area contributed by atoms with Gasteiger partial charge >= 0.3 is 0 Å². The van der Waals surface area contributed by atoms with E-state index in [1.165, 1.54) is 6.92 Å². The van der Waals surface area contributed by atoms with Gasteiger partial charge in [0.25, 0.3) is 0 Å². The molecule has 0 aromatic rings. The second-order valence-electron chi connectivity index (χ2n) is 0.853. The third kappa shape index (κ3) is 3.47. The highest BCUT2D eigenvalue weighted by Crippen LogP contribution is 1.74. The lowest BCUT2D eigenvalue weighted by molar-refractivity contribution is 0.707. The maximum atomic E-state index is 10.8. The molecule has 0 unspecified atom stereocenters. The molecule has 0 rings (SSSR count). The molecular weight excluding hydrogens is 69.0 g/mol. The van der Waals surface area contributed by atoms with E-state index in [2.05, 4.69) is 0 Å². The maximum Gasteiger partial charge on any atom is 0.105 e. The van der Waals surface area contributed by atoms with E-state index in [1.54, 1.807) is 0 Å². The van der Waals surface area contributed by atoms with Crippen LogP contribution in [0.1, 0.15) is 6.92 Å². The Bertz CT molecular complexity index is 44.9. The minimum absolute atomic E-state index is 0.213. The van der Waals surface area contributed by atoms with Crippen molar-refractivity contribution in [1.29, 1.82) is 0 Å². The van der Waals surface area contributed by atoms with Crippen molar-refractivity contribution in [3.05, 3.63) is 12.0 Å². The van der Waals surface area contributed by atoms with E-state index >= 15 is 0 Å². The molecule has 0 bridgehead atoms. The van der Waals surface area contributed by atoms with Crippen LogP contribution in [0.3, 0.4) is 0 Å². The van der Waals surface area contributed by atoms with Crippen LogP contribution in [0.5, 0.6) is 0 Å². The van der Waals surface area contributed by atoms with Gasteiger partial charge in [-0.05, 0) is 6.92 Å². The molecular formula is C3H6FN. The first kappa shape index (κ1) is 4.47. The van der Waals surface area contributed by atoms with E-state index in [4.69, 9.17) is 5.73 Å². The molecule has 0 aliphatic heterocycles. The predicted octanol–water partition coefficient (Wildman–Crippen LogP) is 0.776. The van der Waals surface area contributed by atoms with Crippen LogP contribution in [0.4, 0.5) is 4.39 Å². The Morgan fingerprint density at radius 1 is 2.00 bits per heavy atom. The number of hydrogen-bond donors (Lipinski definition) is 1. The minimum atomic E-state index is 0.213. The summed E-state index contributed by atoms with van der Waals surface area (Å²) < 4.78 is 10.8. The highest BCUT2D eigenvalue weighted by molar-refractivity contribution is 4.82. The zero-order chi connectivity index (χ0) is 4.28. The minimum Gasteiger partial charge on any atom is -0.400 e. The molecule has 0 amide bonds. The van der Waals surface area contributed by atoms with Gasteiger partial charge in [-0.15, -0.1) is 0 Å². The van der Waals surface area contributed by atoms with Crippen molar-refractivity contribution < 1.29 is 4.39 Å². The van der Waals surface area contributed by atoms with Crippen LogP contribution >= 0.6 is 0 Å². The molecule has 2 heteroatoms. The van der Waals surface area contributed by atoms with Gasteiger partial charge in [0.1, 0.15) is 6.33 Å². The van der Waals surface area contributed by atoms with Crippen molar-refractivity contribution in [3.8, 4) is 0 Å². The highest BCUT2D eigenvalue weighted by atomic mass is 19.1. The van der Waals surface area contributed by atoms with Crippen LogP contribution in [-0.4, -0.2) is 0 Å². The summed E-state index contributed by atoms with van der Waals surface area (Å²) in [5.74, 6) is 0. The SMILES string of the molecule is C/C(N)=C\F. The fourth-order valence-corrected chi connectivity index (χ4v) is 0. The smallest absolute Gasteiger partial charge is 0.105 e. The van der Waals surface area contributed by atoms with Crippen molar-refractivity contribution in [2.75, 3.05) is 0 Å². The quantitative estimate of drug-likeness (QED) is 0.452. The summed E-state index contributed by atoms with van der Waals surface area (Å²) >= 11 is 0. The molecule has 0 radical (unpaired) electrons. The molecule has 0 aromatic carbocycles. The lowest BCUT2D eigenvalue weighted by Gasteiger charge is -1.73. The average molecular weight is 75.1 g/mol. The molecule has 0 atom stereocenters. The molecule has 0 heterocycles. The van der Waals surface area contributed by atoms with Gasteiger partial charge < -0.3 is 5.73 Å². The van der Waals surface area contributed by atoms with Crippen LogP contribution < -0.4 is 5.73 Å². The summed E-state index contributed by atoms with van der Waals surface area (Å²) in [5.41, 5.74) is 4.99. The van der Waals surface area contributed by atoms with E-state index in [0.717, 1.165) is 0 Å². The molecule has 0 saturated carbocycles. The number of allylic oxidation sites excluding steroid dienone is 1. The zero-order valence-corrected chi connectivity index (χ0v) is 3.03. The lowest BCUT2D eigenvalue weighted by Crippen LogP contribution is -1.86. The molecule has 30 valence electrons. The van der Waals surface area contributed by atoms with Gasteiger partial charge in [0.15, 0.2) is 0 Å². The summed E-state index contributed by atoms with van der Waals surface area (Å²) in [6.45, 7) is 1.49. The van der Waals surface area contributed by atoms with Crippen LogP contribution in [0.25, 0.3) is 0 Å². The summed E-state index contributed by atoms with van der Waals surface area (Å²) in [6, 6.07) is 0. The molecule has 5 heavy (non-hydrogen) atoms. The van der Waals surface area contributed by atoms with Crippen molar-refractivity contribution in [3.63, 3.8) is 0 Å². The number of hydrogen-bond acceptors (Lipinski definition) is 1. The number of rotatable bonds is 0. The van der Waals surface area contributed by atoms with Crippen LogP contribution in [-0.2, 0) is 0 Å². The molecule has 0 fully saturated rings. The molecule has 0 aromatic heterocycles. The Kier molecular flexibility index (Phi) is 1.57. The van der Waals surface area contributed by atoms with Gasteiger partial charge in [-0.3, -0.25) is 0 Å². The molecule has 0 spiro atoms. The first-order chi connectivity index (χ1) is 2.27. The predicted molar refractivity (Wildman–Crippen MR) is 19.1 cm³/mol. The monoisotopic (exact) mass is 75.0 g/mol. The molecule has 2 N–H and O–H groups in total. The third-order valence-electron chi connectivity index (χ3n) is 0.172. The summed E-state index contributed by atoms with van der Waals surface area (Å²) in [4.78, 5) is 0. The zero-order valence-electron chi connectivity index (χ0n) is 3.03. The molecule has 0 saturated heterocycles. The van der Waals surface area contributed by atoms with Crippen molar-refractivity contribution in [2.45, 2.75) is 6.92 Å². The van der Waals surface area contributed by atoms with Crippen LogP contribution in [0.15, 0.2) is 12.0 Å². The molecule has 1 nitrogen and oxygen atoms in total. The fraction of sp³-hybridized carbons (Fsp3) is 0.333. The van der Waals surface area contributed by atoms with E-state index in [1.807, 2.05) is 0 Å². The Labute approximate surface area is 30.3 Å². The van der Waals surface area contributed by atoms with Crippen molar-refractivity contribution >= 4 is 0 Å². The first-order valence-corrected chi connectivity index (χ1v) is 1.30. The third-order valence-corrected chi connectivity index (χ3v) is 0.172. The topological polar surface area (TPSA) is 26.0 Å². The van der Waals surface area contributed by atoms with E-state index in [-0.39, 0.29) is 5.70 Å². The second kappa shape index (κ2) is 1.76. The first-order valence-electron chi connectivity index (χ1n) is 1.30. The maximum absolute atomic E-state index is 10.8. The lowest BCUT2D eigenvalue weighted by atomic mass is 10.6. The largest absolute Gasteiger partial charge is 0.400 e. The normalized spacial score (nSPS) is 12.0. The van der Waals surface area contributed by atoms with E-state index in [9.17, 15) is 4.39 Å². The van der Waals surface area contributed by atoms with E-state index < -0.39 is 0 Å². The van der Waals surface area contributed by atoms with Gasteiger partial charge in [-0.25, -0.2) is 4.39 Å². The molecule has 0 aliphatic carbocycles. The Morgan fingerprint density at radius 3 is 2.20 bits per heavy atom. The van der Waals surface area contributed by atoms with Gasteiger partial charge in [-0.2, -0.15) is 0 Å². The number of nitrogens with two attached hydrogens (primary N) is 1. The van der Waals surface area contributed by atoms with Crippen molar-refractivity contribution in [1.82, 2.24) is 0 Å². The van der Waals surface area contributed by atoms with Gasteiger partial charge in [0.05, 0.1) is 0 Å². The summed E-state index contributed by atoms with van der Waals surface area (Å²) in [6.07, 6.45) is 0.361. The van der Waals surface area contributed by atoms with E-state index in [0.29, 0.717) is 6.33 Å². The second-order valence-corrected chi connectivity index (χ2v) is 0.853. The Balaban J connectivity index is 3.14. The van der Waals surface area contributed by atoms with Crippen molar-refractivity contribution in [2.24, 2.45) is 5.73 Å². The van der Waals surface area contributed by atoms with Gasteiger partial charge in [0.2, 0.25) is 0 Å². The fourth-order valence-electron chi connectivity index (χ4n) is 0. The van der Waals surface area contributed by atoms with Crippen LogP contribution in [0.2, 0.25) is 0 Å². The Morgan fingerprint density at radius 2 is 2.20 bits per heavy atom. The van der Waals surface area contributed by atoms with Crippen LogP contribution in [0, 0.1) is 0 Å². The average Bonchev–Trinajstić information content (AvgIpc) is 1.38.